The number of hydrogen-bond acceptors (Lipinski definition) is 6. The molecule has 6 nitrogen and oxygen atoms in total. The van der Waals surface area contributed by atoms with Crippen LogP contribution in [0.2, 0.25) is 0 Å². The molecule has 3 rings (SSSR count). The van der Waals surface area contributed by atoms with Crippen LogP contribution in [0.3, 0.4) is 0 Å². The topological polar surface area (TPSA) is 70.2 Å². The van der Waals surface area contributed by atoms with Crippen LogP contribution in [0.15, 0.2) is 0 Å². The van der Waals surface area contributed by atoms with Gasteiger partial charge in [-0.2, -0.15) is 0 Å². The fourth-order valence-electron chi connectivity index (χ4n) is 2.89. The fourth-order valence-corrected chi connectivity index (χ4v) is 3.96. The van der Waals surface area contributed by atoms with Crippen LogP contribution in [0.5, 0.6) is 0 Å². The zero-order valence-electron chi connectivity index (χ0n) is 14.1. The minimum atomic E-state index is -0.301. The molecule has 0 saturated carbocycles. The number of rotatable bonds is 3. The number of nitrogens with zero attached hydrogens (tertiary/aromatic N) is 3. The first-order chi connectivity index (χ1) is 11.0. The van der Waals surface area contributed by atoms with Crippen LogP contribution in [0.25, 0.3) is 10.2 Å². The molecule has 0 aromatic carbocycles. The summed E-state index contributed by atoms with van der Waals surface area (Å²) >= 11 is 1.68. The third-order valence-electron chi connectivity index (χ3n) is 4.29. The van der Waals surface area contributed by atoms with Crippen LogP contribution in [0, 0.1) is 20.8 Å². The van der Waals surface area contributed by atoms with Gasteiger partial charge in [-0.3, -0.25) is 4.79 Å². The van der Waals surface area contributed by atoms with Gasteiger partial charge < -0.3 is 15.5 Å². The second kappa shape index (κ2) is 6.41. The minimum Gasteiger partial charge on any atom is -0.358 e. The molecular formula is C16H23N5OS. The van der Waals surface area contributed by atoms with Gasteiger partial charge >= 0.3 is 0 Å². The first-order valence-electron chi connectivity index (χ1n) is 7.97. The zero-order chi connectivity index (χ0) is 16.6. The van der Waals surface area contributed by atoms with E-state index in [0.717, 1.165) is 48.0 Å². The van der Waals surface area contributed by atoms with E-state index in [9.17, 15) is 4.79 Å². The third kappa shape index (κ3) is 3.16. The average Bonchev–Trinajstić information content (AvgIpc) is 2.81. The van der Waals surface area contributed by atoms with Gasteiger partial charge in [0.2, 0.25) is 5.91 Å². The zero-order valence-corrected chi connectivity index (χ0v) is 14.9. The molecule has 3 heterocycles. The van der Waals surface area contributed by atoms with Crippen LogP contribution in [-0.4, -0.2) is 53.0 Å². The molecule has 0 aliphatic carbocycles. The molecule has 0 bridgehead atoms. The number of thiophene rings is 1. The van der Waals surface area contributed by atoms with E-state index in [4.69, 9.17) is 0 Å². The Morgan fingerprint density at radius 3 is 2.65 bits per heavy atom. The van der Waals surface area contributed by atoms with Gasteiger partial charge in [0.05, 0.1) is 5.39 Å². The predicted octanol–water partition coefficient (Wildman–Crippen LogP) is 1.85. The van der Waals surface area contributed by atoms with Crippen LogP contribution in [0.4, 0.5) is 5.82 Å². The molecular weight excluding hydrogens is 310 g/mol. The van der Waals surface area contributed by atoms with Crippen molar-refractivity contribution in [3.63, 3.8) is 0 Å². The van der Waals surface area contributed by atoms with Gasteiger partial charge in [0.15, 0.2) is 0 Å². The minimum absolute atomic E-state index is 0.125. The molecule has 1 atom stereocenters. The molecule has 1 aliphatic rings. The summed E-state index contributed by atoms with van der Waals surface area (Å²) in [7, 11) is 0. The summed E-state index contributed by atoms with van der Waals surface area (Å²) in [6.45, 7) is 11.2. The summed E-state index contributed by atoms with van der Waals surface area (Å²) in [5.74, 6) is 1.62. The van der Waals surface area contributed by atoms with Crippen molar-refractivity contribution in [2.24, 2.45) is 0 Å². The summed E-state index contributed by atoms with van der Waals surface area (Å²) in [4.78, 5) is 25.8. The molecule has 124 valence electrons. The van der Waals surface area contributed by atoms with Crippen LogP contribution >= 0.6 is 11.3 Å². The van der Waals surface area contributed by atoms with Crippen LogP contribution < -0.4 is 10.6 Å². The Morgan fingerprint density at radius 1 is 1.26 bits per heavy atom. The number of anilines is 1. The number of piperazine rings is 1. The number of aromatic nitrogens is 2. The van der Waals surface area contributed by atoms with E-state index in [-0.39, 0.29) is 11.9 Å². The predicted molar refractivity (Wildman–Crippen MR) is 94.2 cm³/mol. The van der Waals surface area contributed by atoms with Crippen molar-refractivity contribution < 1.29 is 4.79 Å². The van der Waals surface area contributed by atoms with Gasteiger partial charge in [0, 0.05) is 31.1 Å². The van der Waals surface area contributed by atoms with E-state index >= 15 is 0 Å². The average molecular weight is 333 g/mol. The van der Waals surface area contributed by atoms with E-state index in [0.29, 0.717) is 0 Å². The molecule has 1 fully saturated rings. The van der Waals surface area contributed by atoms with E-state index in [1.165, 1.54) is 10.4 Å². The summed E-state index contributed by atoms with van der Waals surface area (Å²) in [6.07, 6.45) is 0. The van der Waals surface area contributed by atoms with Crippen molar-refractivity contribution in [3.8, 4) is 0 Å². The van der Waals surface area contributed by atoms with Gasteiger partial charge in [-0.1, -0.05) is 0 Å². The maximum absolute atomic E-state index is 12.6. The fraction of sp³-hybridized carbons (Fsp3) is 0.562. The molecule has 0 radical (unpaired) electrons. The Labute approximate surface area is 140 Å². The first kappa shape index (κ1) is 16.1. The summed E-state index contributed by atoms with van der Waals surface area (Å²) in [6, 6.07) is -0.301. The lowest BCUT2D eigenvalue weighted by molar-refractivity contribution is -0.132. The van der Waals surface area contributed by atoms with Gasteiger partial charge in [0.1, 0.15) is 22.5 Å². The highest BCUT2D eigenvalue weighted by atomic mass is 32.1. The van der Waals surface area contributed by atoms with Crippen molar-refractivity contribution in [2.45, 2.75) is 33.7 Å². The van der Waals surface area contributed by atoms with E-state index in [1.807, 2.05) is 18.7 Å². The Hall–Kier alpha value is -1.73. The number of hydrogen-bond donors (Lipinski definition) is 2. The van der Waals surface area contributed by atoms with E-state index < -0.39 is 0 Å². The molecule has 1 saturated heterocycles. The van der Waals surface area contributed by atoms with Crippen molar-refractivity contribution in [1.82, 2.24) is 20.2 Å². The summed E-state index contributed by atoms with van der Waals surface area (Å²) in [5.41, 5.74) is 1.19. The molecule has 7 heteroatoms. The maximum Gasteiger partial charge on any atom is 0.244 e. The molecule has 1 unspecified atom stereocenters. The van der Waals surface area contributed by atoms with Crippen LogP contribution in [-0.2, 0) is 4.79 Å². The Balaban J connectivity index is 1.87. The quantitative estimate of drug-likeness (QED) is 0.897. The lowest BCUT2D eigenvalue weighted by Crippen LogP contribution is -2.50. The summed E-state index contributed by atoms with van der Waals surface area (Å²) < 4.78 is 0. The first-order valence-corrected chi connectivity index (χ1v) is 8.79. The molecule has 0 spiro atoms. The third-order valence-corrected chi connectivity index (χ3v) is 5.39. The lowest BCUT2D eigenvalue weighted by atomic mass is 10.2. The molecule has 1 amide bonds. The molecule has 2 aromatic rings. The highest BCUT2D eigenvalue weighted by molar-refractivity contribution is 7.18. The normalized spacial score (nSPS) is 16.6. The van der Waals surface area contributed by atoms with Crippen molar-refractivity contribution >= 4 is 33.3 Å². The second-order valence-electron chi connectivity index (χ2n) is 6.02. The van der Waals surface area contributed by atoms with Crippen LogP contribution in [0.1, 0.15) is 23.2 Å². The number of amides is 1. The standard InChI is InChI=1S/C16H23N5OS/c1-9-11(3)23-15-13(9)14(19-12(4)20-15)18-10(2)16(22)21-7-5-17-6-8-21/h10,17H,5-8H2,1-4H3,(H,18,19,20). The van der Waals surface area contributed by atoms with E-state index in [2.05, 4.69) is 34.4 Å². The molecule has 2 N–H and O–H groups in total. The number of carbonyl (C=O) groups excluding carboxylic acids is 1. The van der Waals surface area contributed by atoms with Gasteiger partial charge in [0.25, 0.3) is 0 Å². The SMILES string of the molecule is Cc1nc(NC(C)C(=O)N2CCNCC2)c2c(C)c(C)sc2n1. The summed E-state index contributed by atoms with van der Waals surface area (Å²) in [5, 5.41) is 7.63. The smallest absolute Gasteiger partial charge is 0.244 e. The van der Waals surface area contributed by atoms with Gasteiger partial charge in [-0.05, 0) is 33.3 Å². The number of nitrogens with one attached hydrogen (secondary N) is 2. The molecule has 2 aromatic heterocycles. The highest BCUT2D eigenvalue weighted by Gasteiger charge is 2.23. The van der Waals surface area contributed by atoms with E-state index in [1.54, 1.807) is 11.3 Å². The van der Waals surface area contributed by atoms with Gasteiger partial charge in [-0.25, -0.2) is 9.97 Å². The number of fused-ring (bicyclic) bond motifs is 1. The number of aryl methyl sites for hydroxylation is 3. The highest BCUT2D eigenvalue weighted by Crippen LogP contribution is 2.33. The van der Waals surface area contributed by atoms with Crippen molar-refractivity contribution in [1.29, 1.82) is 0 Å². The van der Waals surface area contributed by atoms with Crippen molar-refractivity contribution in [3.05, 3.63) is 16.3 Å². The maximum atomic E-state index is 12.6. The molecule has 23 heavy (non-hydrogen) atoms. The second-order valence-corrected chi connectivity index (χ2v) is 7.23. The molecule has 1 aliphatic heterocycles. The van der Waals surface area contributed by atoms with Gasteiger partial charge in [-0.15, -0.1) is 11.3 Å². The monoisotopic (exact) mass is 333 g/mol. The van der Waals surface area contributed by atoms with Crippen molar-refractivity contribution in [2.75, 3.05) is 31.5 Å². The Kier molecular flexibility index (Phi) is 4.50. The lowest BCUT2D eigenvalue weighted by Gasteiger charge is -2.30. The Bertz CT molecular complexity index is 736. The number of carbonyl (C=O) groups is 1. The Morgan fingerprint density at radius 2 is 1.96 bits per heavy atom. The largest absolute Gasteiger partial charge is 0.358 e.